The maximum atomic E-state index is 5.67. The van der Waals surface area contributed by atoms with Crippen LogP contribution in [0.25, 0.3) is 0 Å². The van der Waals surface area contributed by atoms with E-state index in [-0.39, 0.29) is 0 Å². The predicted molar refractivity (Wildman–Crippen MR) is 86.1 cm³/mol. The first-order valence-electron chi connectivity index (χ1n) is 6.81. The SMILES string of the molecule is CCCNC(COCCC)Cc1ccc(I)cc1. The van der Waals surface area contributed by atoms with E-state index in [9.17, 15) is 0 Å². The Balaban J connectivity index is 2.45. The summed E-state index contributed by atoms with van der Waals surface area (Å²) in [6.07, 6.45) is 3.29. The van der Waals surface area contributed by atoms with Gasteiger partial charge < -0.3 is 10.1 Å². The Morgan fingerprint density at radius 1 is 1.17 bits per heavy atom. The summed E-state index contributed by atoms with van der Waals surface area (Å²) < 4.78 is 6.96. The molecule has 1 atom stereocenters. The number of rotatable bonds is 9. The van der Waals surface area contributed by atoms with Gasteiger partial charge in [0.1, 0.15) is 0 Å². The molecule has 0 saturated carbocycles. The first kappa shape index (κ1) is 15.9. The molecule has 1 rings (SSSR count). The van der Waals surface area contributed by atoms with Crippen LogP contribution in [0.1, 0.15) is 32.3 Å². The van der Waals surface area contributed by atoms with Gasteiger partial charge in [0.05, 0.1) is 6.61 Å². The molecule has 0 amide bonds. The Morgan fingerprint density at radius 2 is 1.89 bits per heavy atom. The summed E-state index contributed by atoms with van der Waals surface area (Å²) in [5.74, 6) is 0. The molecular formula is C15H24INO. The summed E-state index contributed by atoms with van der Waals surface area (Å²) in [7, 11) is 0. The molecule has 1 aromatic rings. The van der Waals surface area contributed by atoms with E-state index in [2.05, 4.69) is 66.0 Å². The lowest BCUT2D eigenvalue weighted by Crippen LogP contribution is -2.36. The molecule has 102 valence electrons. The summed E-state index contributed by atoms with van der Waals surface area (Å²) >= 11 is 2.34. The van der Waals surface area contributed by atoms with E-state index in [0.29, 0.717) is 6.04 Å². The second-order valence-corrected chi connectivity index (χ2v) is 5.80. The van der Waals surface area contributed by atoms with E-state index in [4.69, 9.17) is 4.74 Å². The molecule has 0 spiro atoms. The van der Waals surface area contributed by atoms with Crippen LogP contribution in [-0.2, 0) is 11.2 Å². The highest BCUT2D eigenvalue weighted by atomic mass is 127. The third-order valence-electron chi connectivity index (χ3n) is 2.75. The molecular weight excluding hydrogens is 337 g/mol. The van der Waals surface area contributed by atoms with Gasteiger partial charge in [-0.3, -0.25) is 0 Å². The first-order valence-corrected chi connectivity index (χ1v) is 7.89. The van der Waals surface area contributed by atoms with Gasteiger partial charge in [0.15, 0.2) is 0 Å². The van der Waals surface area contributed by atoms with Gasteiger partial charge in [0.2, 0.25) is 0 Å². The third kappa shape index (κ3) is 6.71. The maximum absolute atomic E-state index is 5.67. The normalized spacial score (nSPS) is 12.6. The van der Waals surface area contributed by atoms with Gasteiger partial charge in [0, 0.05) is 16.2 Å². The molecule has 3 heteroatoms. The third-order valence-corrected chi connectivity index (χ3v) is 3.47. The lowest BCUT2D eigenvalue weighted by atomic mass is 10.1. The van der Waals surface area contributed by atoms with Gasteiger partial charge in [-0.15, -0.1) is 0 Å². The fourth-order valence-corrected chi connectivity index (χ4v) is 2.17. The Bertz CT molecular complexity index is 313. The Kier molecular flexibility index (Phi) is 8.63. The van der Waals surface area contributed by atoms with Gasteiger partial charge in [-0.25, -0.2) is 0 Å². The number of benzene rings is 1. The summed E-state index contributed by atoms with van der Waals surface area (Å²) in [6.45, 7) is 7.07. The van der Waals surface area contributed by atoms with Crippen molar-refractivity contribution in [2.45, 2.75) is 39.2 Å². The molecule has 1 unspecified atom stereocenters. The Morgan fingerprint density at radius 3 is 2.50 bits per heavy atom. The predicted octanol–water partition coefficient (Wildman–Crippen LogP) is 3.63. The number of nitrogens with one attached hydrogen (secondary N) is 1. The first-order chi connectivity index (χ1) is 8.76. The van der Waals surface area contributed by atoms with Crippen molar-refractivity contribution < 1.29 is 4.74 Å². The van der Waals surface area contributed by atoms with Crippen LogP contribution in [0.5, 0.6) is 0 Å². The minimum absolute atomic E-state index is 0.427. The highest BCUT2D eigenvalue weighted by molar-refractivity contribution is 14.1. The average molecular weight is 361 g/mol. The van der Waals surface area contributed by atoms with Crippen LogP contribution in [-0.4, -0.2) is 25.8 Å². The van der Waals surface area contributed by atoms with Crippen LogP contribution in [0.4, 0.5) is 0 Å². The molecule has 0 heterocycles. The quantitative estimate of drug-likeness (QED) is 0.536. The van der Waals surface area contributed by atoms with Gasteiger partial charge in [0.25, 0.3) is 0 Å². The summed E-state index contributed by atoms with van der Waals surface area (Å²) in [4.78, 5) is 0. The highest BCUT2D eigenvalue weighted by Crippen LogP contribution is 2.09. The molecule has 0 aliphatic rings. The van der Waals surface area contributed by atoms with E-state index in [1.54, 1.807) is 0 Å². The van der Waals surface area contributed by atoms with Crippen molar-refractivity contribution in [3.8, 4) is 0 Å². The van der Waals surface area contributed by atoms with Crippen molar-refractivity contribution in [3.05, 3.63) is 33.4 Å². The van der Waals surface area contributed by atoms with Crippen molar-refractivity contribution in [2.75, 3.05) is 19.8 Å². The molecule has 0 aliphatic heterocycles. The zero-order valence-electron chi connectivity index (χ0n) is 11.4. The van der Waals surface area contributed by atoms with Crippen LogP contribution < -0.4 is 5.32 Å². The number of ether oxygens (including phenoxy) is 1. The van der Waals surface area contributed by atoms with Crippen LogP contribution >= 0.6 is 22.6 Å². The zero-order chi connectivity index (χ0) is 13.2. The molecule has 0 radical (unpaired) electrons. The van der Waals surface area contributed by atoms with Crippen molar-refractivity contribution >= 4 is 22.6 Å². The minimum atomic E-state index is 0.427. The van der Waals surface area contributed by atoms with Crippen molar-refractivity contribution in [1.29, 1.82) is 0 Å². The minimum Gasteiger partial charge on any atom is -0.380 e. The fraction of sp³-hybridized carbons (Fsp3) is 0.600. The largest absolute Gasteiger partial charge is 0.380 e. The van der Waals surface area contributed by atoms with Gasteiger partial charge in [-0.05, 0) is 66.1 Å². The molecule has 1 N–H and O–H groups in total. The van der Waals surface area contributed by atoms with Crippen LogP contribution in [0.3, 0.4) is 0 Å². The molecule has 0 saturated heterocycles. The topological polar surface area (TPSA) is 21.3 Å². The van der Waals surface area contributed by atoms with Gasteiger partial charge >= 0.3 is 0 Å². The van der Waals surface area contributed by atoms with E-state index in [0.717, 1.165) is 39.0 Å². The lowest BCUT2D eigenvalue weighted by Gasteiger charge is -2.18. The lowest BCUT2D eigenvalue weighted by molar-refractivity contribution is 0.112. The standard InChI is InChI=1S/C15H24INO/c1-3-9-17-15(12-18-10-4-2)11-13-5-7-14(16)8-6-13/h5-8,15,17H,3-4,9-12H2,1-2H3. The van der Waals surface area contributed by atoms with Gasteiger partial charge in [-0.1, -0.05) is 26.0 Å². The second kappa shape index (κ2) is 9.75. The second-order valence-electron chi connectivity index (χ2n) is 4.56. The van der Waals surface area contributed by atoms with Crippen molar-refractivity contribution in [1.82, 2.24) is 5.32 Å². The van der Waals surface area contributed by atoms with E-state index in [1.807, 2.05) is 0 Å². The molecule has 0 bridgehead atoms. The van der Waals surface area contributed by atoms with E-state index >= 15 is 0 Å². The molecule has 0 fully saturated rings. The number of hydrogen-bond acceptors (Lipinski definition) is 2. The maximum Gasteiger partial charge on any atom is 0.0622 e. The van der Waals surface area contributed by atoms with Crippen molar-refractivity contribution in [2.24, 2.45) is 0 Å². The monoisotopic (exact) mass is 361 g/mol. The van der Waals surface area contributed by atoms with Crippen LogP contribution in [0.2, 0.25) is 0 Å². The molecule has 18 heavy (non-hydrogen) atoms. The smallest absolute Gasteiger partial charge is 0.0622 e. The molecule has 1 aromatic carbocycles. The zero-order valence-corrected chi connectivity index (χ0v) is 13.6. The van der Waals surface area contributed by atoms with Crippen LogP contribution in [0.15, 0.2) is 24.3 Å². The summed E-state index contributed by atoms with van der Waals surface area (Å²) in [5.41, 5.74) is 1.38. The fourth-order valence-electron chi connectivity index (χ4n) is 1.81. The van der Waals surface area contributed by atoms with E-state index < -0.39 is 0 Å². The van der Waals surface area contributed by atoms with Crippen LogP contribution in [0, 0.1) is 3.57 Å². The summed E-state index contributed by atoms with van der Waals surface area (Å²) in [5, 5.41) is 3.56. The Labute approximate surface area is 125 Å². The van der Waals surface area contributed by atoms with Gasteiger partial charge in [-0.2, -0.15) is 0 Å². The van der Waals surface area contributed by atoms with E-state index in [1.165, 1.54) is 9.13 Å². The molecule has 2 nitrogen and oxygen atoms in total. The number of halogens is 1. The average Bonchev–Trinajstić information content (AvgIpc) is 2.38. The Hall–Kier alpha value is -0.130. The molecule has 0 aromatic heterocycles. The number of hydrogen-bond donors (Lipinski definition) is 1. The molecule has 0 aliphatic carbocycles. The summed E-state index contributed by atoms with van der Waals surface area (Å²) in [6, 6.07) is 9.18. The highest BCUT2D eigenvalue weighted by Gasteiger charge is 2.08. The van der Waals surface area contributed by atoms with Crippen molar-refractivity contribution in [3.63, 3.8) is 0 Å².